The van der Waals surface area contributed by atoms with Gasteiger partial charge in [-0.15, -0.1) is 0 Å². The molecule has 0 aromatic carbocycles. The Bertz CT molecular complexity index is 265. The van der Waals surface area contributed by atoms with E-state index < -0.39 is 0 Å². The van der Waals surface area contributed by atoms with Crippen LogP contribution in [0.15, 0.2) is 0 Å². The number of rotatable bonds is 0. The lowest BCUT2D eigenvalue weighted by molar-refractivity contribution is -0.128. The standard InChI is InChI=1S/C10H14O4/c11-7-1-2-10-3-4-12-6-9(14-10)13-8(10)5-7/h8-9H,1-6H2/t8-,9+,10-/m0/s1. The van der Waals surface area contributed by atoms with Crippen LogP contribution in [0.1, 0.15) is 25.7 Å². The van der Waals surface area contributed by atoms with Gasteiger partial charge in [-0.05, 0) is 6.42 Å². The van der Waals surface area contributed by atoms with Gasteiger partial charge in [0.15, 0.2) is 6.29 Å². The van der Waals surface area contributed by atoms with Crippen LogP contribution < -0.4 is 0 Å². The summed E-state index contributed by atoms with van der Waals surface area (Å²) in [5, 5.41) is 0. The Kier molecular flexibility index (Phi) is 1.90. The second-order valence-electron chi connectivity index (χ2n) is 4.30. The molecule has 1 spiro atoms. The van der Waals surface area contributed by atoms with Crippen molar-refractivity contribution in [2.75, 3.05) is 13.2 Å². The van der Waals surface area contributed by atoms with E-state index in [1.807, 2.05) is 0 Å². The first-order valence-electron chi connectivity index (χ1n) is 5.21. The molecule has 0 aromatic rings. The molecule has 3 rings (SSSR count). The highest BCUT2D eigenvalue weighted by Gasteiger charge is 2.53. The molecule has 1 aliphatic carbocycles. The van der Waals surface area contributed by atoms with E-state index in [-0.39, 0.29) is 18.0 Å². The monoisotopic (exact) mass is 198 g/mol. The first-order valence-corrected chi connectivity index (χ1v) is 5.21. The minimum atomic E-state index is -0.242. The smallest absolute Gasteiger partial charge is 0.182 e. The third-order valence-corrected chi connectivity index (χ3v) is 3.43. The van der Waals surface area contributed by atoms with Crippen molar-refractivity contribution < 1.29 is 19.0 Å². The largest absolute Gasteiger partial charge is 0.376 e. The van der Waals surface area contributed by atoms with Crippen LogP contribution in [-0.4, -0.2) is 37.0 Å². The van der Waals surface area contributed by atoms with Crippen molar-refractivity contribution >= 4 is 5.78 Å². The normalized spacial score (nSPS) is 47.3. The Balaban J connectivity index is 1.87. The highest BCUT2D eigenvalue weighted by Crippen LogP contribution is 2.43. The number of hydrogen-bond donors (Lipinski definition) is 0. The predicted molar refractivity (Wildman–Crippen MR) is 46.8 cm³/mol. The summed E-state index contributed by atoms with van der Waals surface area (Å²) < 4.78 is 16.9. The first kappa shape index (κ1) is 8.83. The van der Waals surface area contributed by atoms with Gasteiger partial charge in [0.05, 0.1) is 12.7 Å². The summed E-state index contributed by atoms with van der Waals surface area (Å²) >= 11 is 0. The Morgan fingerprint density at radius 1 is 1.36 bits per heavy atom. The third-order valence-electron chi connectivity index (χ3n) is 3.43. The average molecular weight is 198 g/mol. The average Bonchev–Trinajstić information content (AvgIpc) is 2.36. The van der Waals surface area contributed by atoms with E-state index in [1.54, 1.807) is 0 Å². The molecule has 1 saturated carbocycles. The summed E-state index contributed by atoms with van der Waals surface area (Å²) in [4.78, 5) is 11.3. The topological polar surface area (TPSA) is 44.8 Å². The van der Waals surface area contributed by atoms with E-state index in [2.05, 4.69) is 0 Å². The molecule has 3 fully saturated rings. The zero-order valence-electron chi connectivity index (χ0n) is 8.03. The molecule has 3 atom stereocenters. The molecule has 2 heterocycles. The number of fused-ring (bicyclic) bond motifs is 1. The molecular formula is C10H14O4. The highest BCUT2D eigenvalue weighted by molar-refractivity contribution is 5.80. The molecule has 4 heteroatoms. The minimum absolute atomic E-state index is 0.0161. The van der Waals surface area contributed by atoms with Crippen molar-refractivity contribution in [3.8, 4) is 0 Å². The van der Waals surface area contributed by atoms with Gasteiger partial charge in [-0.2, -0.15) is 0 Å². The summed E-state index contributed by atoms with van der Waals surface area (Å²) in [5.41, 5.74) is -0.213. The molecule has 2 bridgehead atoms. The van der Waals surface area contributed by atoms with E-state index in [1.165, 1.54) is 0 Å². The number of hydrogen-bond acceptors (Lipinski definition) is 4. The van der Waals surface area contributed by atoms with Crippen molar-refractivity contribution in [1.82, 2.24) is 0 Å². The quantitative estimate of drug-likeness (QED) is 0.573. The zero-order valence-corrected chi connectivity index (χ0v) is 8.03. The maximum Gasteiger partial charge on any atom is 0.182 e. The number of ether oxygens (including phenoxy) is 3. The van der Waals surface area contributed by atoms with Crippen LogP contribution in [0.5, 0.6) is 0 Å². The van der Waals surface area contributed by atoms with Gasteiger partial charge < -0.3 is 14.2 Å². The van der Waals surface area contributed by atoms with Crippen molar-refractivity contribution in [3.05, 3.63) is 0 Å². The van der Waals surface area contributed by atoms with Gasteiger partial charge in [0.2, 0.25) is 0 Å². The summed E-state index contributed by atoms with van der Waals surface area (Å²) in [5.74, 6) is 0.302. The van der Waals surface area contributed by atoms with E-state index >= 15 is 0 Å². The van der Waals surface area contributed by atoms with Gasteiger partial charge in [0, 0.05) is 25.9 Å². The molecule has 4 nitrogen and oxygen atoms in total. The molecule has 0 radical (unpaired) electrons. The molecule has 0 amide bonds. The van der Waals surface area contributed by atoms with Crippen LogP contribution in [-0.2, 0) is 19.0 Å². The van der Waals surface area contributed by atoms with E-state index in [9.17, 15) is 4.79 Å². The molecular weight excluding hydrogens is 184 g/mol. The maximum absolute atomic E-state index is 11.3. The third kappa shape index (κ3) is 1.21. The van der Waals surface area contributed by atoms with Gasteiger partial charge >= 0.3 is 0 Å². The van der Waals surface area contributed by atoms with Crippen LogP contribution in [0.25, 0.3) is 0 Å². The molecule has 78 valence electrons. The van der Waals surface area contributed by atoms with Gasteiger partial charge in [-0.25, -0.2) is 0 Å². The van der Waals surface area contributed by atoms with E-state index in [4.69, 9.17) is 14.2 Å². The molecule has 2 aliphatic heterocycles. The number of carbonyl (C=O) groups is 1. The van der Waals surface area contributed by atoms with Crippen molar-refractivity contribution in [2.45, 2.75) is 43.7 Å². The van der Waals surface area contributed by atoms with Crippen LogP contribution >= 0.6 is 0 Å². The lowest BCUT2D eigenvalue weighted by Crippen LogP contribution is -2.45. The fourth-order valence-corrected chi connectivity index (χ4v) is 2.63. The predicted octanol–water partition coefficient (Wildman–Crippen LogP) is 0.640. The van der Waals surface area contributed by atoms with Gasteiger partial charge in [0.25, 0.3) is 0 Å². The molecule has 0 unspecified atom stereocenters. The minimum Gasteiger partial charge on any atom is -0.376 e. The fraction of sp³-hybridized carbons (Fsp3) is 0.900. The lowest BCUT2D eigenvalue weighted by atomic mass is 9.79. The van der Waals surface area contributed by atoms with Crippen molar-refractivity contribution in [3.63, 3.8) is 0 Å². The van der Waals surface area contributed by atoms with Crippen LogP contribution in [0.4, 0.5) is 0 Å². The van der Waals surface area contributed by atoms with Gasteiger partial charge in [-0.3, -0.25) is 4.79 Å². The maximum atomic E-state index is 11.3. The fourth-order valence-electron chi connectivity index (χ4n) is 2.63. The molecule has 0 N–H and O–H groups in total. The second-order valence-corrected chi connectivity index (χ2v) is 4.30. The van der Waals surface area contributed by atoms with Crippen LogP contribution in [0, 0.1) is 0 Å². The summed E-state index contributed by atoms with van der Waals surface area (Å²) in [6.07, 6.45) is 2.56. The van der Waals surface area contributed by atoms with Crippen LogP contribution in [0.2, 0.25) is 0 Å². The summed E-state index contributed by atoms with van der Waals surface area (Å²) in [7, 11) is 0. The number of ketones is 1. The van der Waals surface area contributed by atoms with Gasteiger partial charge in [0.1, 0.15) is 11.4 Å². The van der Waals surface area contributed by atoms with Crippen LogP contribution in [0.3, 0.4) is 0 Å². The van der Waals surface area contributed by atoms with E-state index in [0.717, 1.165) is 19.4 Å². The highest BCUT2D eigenvalue weighted by atomic mass is 16.8. The number of Topliss-reactive ketones (excluding diaryl/α,β-unsaturated/α-hetero) is 1. The Labute approximate surface area is 82.5 Å². The SMILES string of the molecule is O=C1CC[C@]23CCOC[C@H](O[C@H]2C1)O3. The Morgan fingerprint density at radius 3 is 3.21 bits per heavy atom. The second kappa shape index (κ2) is 3.02. The van der Waals surface area contributed by atoms with Crippen molar-refractivity contribution in [2.24, 2.45) is 0 Å². The molecule has 2 saturated heterocycles. The van der Waals surface area contributed by atoms with Crippen molar-refractivity contribution in [1.29, 1.82) is 0 Å². The van der Waals surface area contributed by atoms with E-state index in [0.29, 0.717) is 25.2 Å². The molecule has 0 aromatic heterocycles. The Hall–Kier alpha value is -0.450. The first-order chi connectivity index (χ1) is 6.78. The molecule has 14 heavy (non-hydrogen) atoms. The number of carbonyl (C=O) groups excluding carboxylic acids is 1. The zero-order chi connectivity index (χ0) is 9.60. The Morgan fingerprint density at radius 2 is 2.29 bits per heavy atom. The summed E-state index contributed by atoms with van der Waals surface area (Å²) in [6.45, 7) is 1.23. The molecule has 3 aliphatic rings. The lowest BCUT2D eigenvalue weighted by Gasteiger charge is -2.35. The summed E-state index contributed by atoms with van der Waals surface area (Å²) in [6, 6.07) is 0. The van der Waals surface area contributed by atoms with Gasteiger partial charge in [-0.1, -0.05) is 0 Å².